The molecule has 1 heterocycles. The first-order valence-electron chi connectivity index (χ1n) is 9.52. The summed E-state index contributed by atoms with van der Waals surface area (Å²) in [4.78, 5) is 2.51. The summed E-state index contributed by atoms with van der Waals surface area (Å²) in [6.45, 7) is 5.97. The van der Waals surface area contributed by atoms with Crippen LogP contribution in [0.3, 0.4) is 0 Å². The van der Waals surface area contributed by atoms with Crippen LogP contribution in [0.25, 0.3) is 0 Å². The lowest BCUT2D eigenvalue weighted by Gasteiger charge is -2.36. The molecule has 6 heteroatoms. The Bertz CT molecular complexity index is 727. The quantitative estimate of drug-likeness (QED) is 0.756. The third-order valence-corrected chi connectivity index (χ3v) is 5.24. The fourth-order valence-corrected chi connectivity index (χ4v) is 3.70. The lowest BCUT2D eigenvalue weighted by molar-refractivity contribution is 0.153. The molecule has 0 saturated carbocycles. The van der Waals surface area contributed by atoms with E-state index in [-0.39, 0.29) is 12.4 Å². The minimum atomic E-state index is 0. The molecule has 1 aliphatic heterocycles. The molecule has 0 spiro atoms. The Hall–Kier alpha value is -1.95. The Morgan fingerprint density at radius 1 is 0.964 bits per heavy atom. The third-order valence-electron chi connectivity index (χ3n) is 5.24. The van der Waals surface area contributed by atoms with Crippen molar-refractivity contribution in [3.8, 4) is 17.2 Å². The van der Waals surface area contributed by atoms with Gasteiger partial charge in [-0.1, -0.05) is 31.2 Å². The number of hydrogen-bond donors (Lipinski definition) is 1. The van der Waals surface area contributed by atoms with Crippen LogP contribution < -0.4 is 19.5 Å². The molecule has 28 heavy (non-hydrogen) atoms. The first-order chi connectivity index (χ1) is 13.2. The van der Waals surface area contributed by atoms with Crippen molar-refractivity contribution in [3.63, 3.8) is 0 Å². The minimum Gasteiger partial charge on any atom is -0.493 e. The minimum absolute atomic E-state index is 0. The van der Waals surface area contributed by atoms with E-state index in [1.54, 1.807) is 21.3 Å². The fraction of sp³-hybridized carbons (Fsp3) is 0.455. The van der Waals surface area contributed by atoms with Crippen LogP contribution >= 0.6 is 12.4 Å². The van der Waals surface area contributed by atoms with Crippen molar-refractivity contribution in [3.05, 3.63) is 53.1 Å². The molecule has 0 amide bonds. The highest BCUT2D eigenvalue weighted by atomic mass is 35.5. The van der Waals surface area contributed by atoms with Crippen LogP contribution in [0.5, 0.6) is 17.2 Å². The molecular weight excluding hydrogens is 376 g/mol. The van der Waals surface area contributed by atoms with Crippen LogP contribution in [0.1, 0.15) is 29.7 Å². The molecule has 154 valence electrons. The van der Waals surface area contributed by atoms with Gasteiger partial charge in [-0.25, -0.2) is 0 Å². The summed E-state index contributed by atoms with van der Waals surface area (Å²) >= 11 is 0. The number of methoxy groups -OCH3 is 3. The standard InChI is InChI=1S/C22H30N2O3.ClH/c1-5-16-6-8-18(9-7-16)19-14-23-10-11-24(19)15-17-12-20(25-2)22(27-4)21(13-17)26-3;/h6-9,12-13,19,23H,5,10-11,14-15H2,1-4H3;1H. The molecule has 1 unspecified atom stereocenters. The van der Waals surface area contributed by atoms with Crippen molar-refractivity contribution in [1.29, 1.82) is 0 Å². The van der Waals surface area contributed by atoms with E-state index in [0.717, 1.165) is 38.2 Å². The number of hydrogen-bond acceptors (Lipinski definition) is 5. The van der Waals surface area contributed by atoms with Crippen molar-refractivity contribution in [1.82, 2.24) is 10.2 Å². The number of aryl methyl sites for hydroxylation is 1. The summed E-state index contributed by atoms with van der Waals surface area (Å²) in [6, 6.07) is 13.4. The highest BCUT2D eigenvalue weighted by Crippen LogP contribution is 2.39. The summed E-state index contributed by atoms with van der Waals surface area (Å²) in [5.41, 5.74) is 3.88. The molecule has 5 nitrogen and oxygen atoms in total. The Morgan fingerprint density at radius 3 is 2.14 bits per heavy atom. The maximum Gasteiger partial charge on any atom is 0.203 e. The second-order valence-corrected chi connectivity index (χ2v) is 6.82. The molecule has 1 saturated heterocycles. The molecule has 0 aromatic heterocycles. The Balaban J connectivity index is 0.00000280. The van der Waals surface area contributed by atoms with Gasteiger partial charge in [0.05, 0.1) is 21.3 Å². The topological polar surface area (TPSA) is 43.0 Å². The van der Waals surface area contributed by atoms with Crippen molar-refractivity contribution in [2.45, 2.75) is 25.9 Å². The van der Waals surface area contributed by atoms with E-state index < -0.39 is 0 Å². The largest absolute Gasteiger partial charge is 0.493 e. The Labute approximate surface area is 174 Å². The van der Waals surface area contributed by atoms with Crippen LogP contribution in [-0.2, 0) is 13.0 Å². The Morgan fingerprint density at radius 2 is 1.61 bits per heavy atom. The SMILES string of the molecule is CCc1ccc(C2CNCCN2Cc2cc(OC)c(OC)c(OC)c2)cc1.Cl. The van der Waals surface area contributed by atoms with E-state index in [9.17, 15) is 0 Å². The number of nitrogens with one attached hydrogen (secondary N) is 1. The van der Waals surface area contributed by atoms with Gasteiger partial charge in [-0.05, 0) is 35.2 Å². The first kappa shape index (κ1) is 22.3. The van der Waals surface area contributed by atoms with Gasteiger partial charge >= 0.3 is 0 Å². The van der Waals surface area contributed by atoms with E-state index in [4.69, 9.17) is 14.2 Å². The maximum absolute atomic E-state index is 5.51. The number of ether oxygens (including phenoxy) is 3. The summed E-state index contributed by atoms with van der Waals surface area (Å²) in [7, 11) is 4.94. The van der Waals surface area contributed by atoms with Crippen molar-refractivity contribution in [2.75, 3.05) is 41.0 Å². The van der Waals surface area contributed by atoms with E-state index in [2.05, 4.69) is 41.4 Å². The molecule has 0 bridgehead atoms. The molecule has 2 aromatic rings. The molecule has 1 atom stereocenters. The highest BCUT2D eigenvalue weighted by Gasteiger charge is 2.25. The van der Waals surface area contributed by atoms with Gasteiger partial charge in [-0.3, -0.25) is 4.90 Å². The van der Waals surface area contributed by atoms with Gasteiger partial charge < -0.3 is 19.5 Å². The predicted octanol–water partition coefficient (Wildman–Crippen LogP) is 3.84. The van der Waals surface area contributed by atoms with Gasteiger partial charge in [-0.15, -0.1) is 12.4 Å². The predicted molar refractivity (Wildman–Crippen MR) is 115 cm³/mol. The molecule has 1 fully saturated rings. The molecule has 0 radical (unpaired) electrons. The number of nitrogens with zero attached hydrogens (tertiary/aromatic N) is 1. The maximum atomic E-state index is 5.51. The van der Waals surface area contributed by atoms with Crippen LogP contribution in [0.2, 0.25) is 0 Å². The normalized spacial score (nSPS) is 16.9. The van der Waals surface area contributed by atoms with Crippen molar-refractivity contribution < 1.29 is 14.2 Å². The lowest BCUT2D eigenvalue weighted by atomic mass is 10.00. The summed E-state index contributed by atoms with van der Waals surface area (Å²) < 4.78 is 16.5. The van der Waals surface area contributed by atoms with E-state index >= 15 is 0 Å². The molecule has 1 N–H and O–H groups in total. The van der Waals surface area contributed by atoms with Gasteiger partial charge in [0.15, 0.2) is 11.5 Å². The van der Waals surface area contributed by atoms with E-state index in [0.29, 0.717) is 23.3 Å². The average Bonchev–Trinajstić information content (AvgIpc) is 2.73. The van der Waals surface area contributed by atoms with Crippen molar-refractivity contribution in [2.24, 2.45) is 0 Å². The molecule has 2 aromatic carbocycles. The smallest absolute Gasteiger partial charge is 0.203 e. The van der Waals surface area contributed by atoms with Crippen LogP contribution in [-0.4, -0.2) is 45.9 Å². The Kier molecular flexibility index (Phi) is 8.42. The van der Waals surface area contributed by atoms with E-state index in [1.165, 1.54) is 11.1 Å². The zero-order valence-corrected chi connectivity index (χ0v) is 18.0. The molecular formula is C22H31ClN2O3. The summed E-state index contributed by atoms with van der Waals surface area (Å²) in [6.07, 6.45) is 1.07. The molecule has 1 aliphatic rings. The van der Waals surface area contributed by atoms with Crippen LogP contribution in [0.15, 0.2) is 36.4 Å². The van der Waals surface area contributed by atoms with Gasteiger partial charge in [0.1, 0.15) is 0 Å². The van der Waals surface area contributed by atoms with Gasteiger partial charge in [0.25, 0.3) is 0 Å². The highest BCUT2D eigenvalue weighted by molar-refractivity contribution is 5.85. The zero-order chi connectivity index (χ0) is 19.2. The number of rotatable bonds is 7. The van der Waals surface area contributed by atoms with Crippen LogP contribution in [0.4, 0.5) is 0 Å². The zero-order valence-electron chi connectivity index (χ0n) is 17.2. The second kappa shape index (κ2) is 10.6. The number of piperazine rings is 1. The molecule has 0 aliphatic carbocycles. The molecule has 3 rings (SSSR count). The summed E-state index contributed by atoms with van der Waals surface area (Å²) in [5, 5.41) is 3.53. The van der Waals surface area contributed by atoms with Gasteiger partial charge in [0, 0.05) is 32.2 Å². The summed E-state index contributed by atoms with van der Waals surface area (Å²) in [5.74, 6) is 2.03. The monoisotopic (exact) mass is 406 g/mol. The van der Waals surface area contributed by atoms with Gasteiger partial charge in [0.2, 0.25) is 5.75 Å². The average molecular weight is 407 g/mol. The van der Waals surface area contributed by atoms with Crippen LogP contribution in [0, 0.1) is 0 Å². The number of benzene rings is 2. The second-order valence-electron chi connectivity index (χ2n) is 6.82. The first-order valence-corrected chi connectivity index (χ1v) is 9.52. The van der Waals surface area contributed by atoms with Gasteiger partial charge in [-0.2, -0.15) is 0 Å². The van der Waals surface area contributed by atoms with E-state index in [1.807, 2.05) is 12.1 Å². The fourth-order valence-electron chi connectivity index (χ4n) is 3.70. The van der Waals surface area contributed by atoms with Crippen molar-refractivity contribution >= 4 is 12.4 Å². The lowest BCUT2D eigenvalue weighted by Crippen LogP contribution is -2.45. The number of halogens is 1. The third kappa shape index (κ3) is 4.90.